The molecule has 0 aliphatic carbocycles. The molecule has 122 valence electrons. The van der Waals surface area contributed by atoms with Gasteiger partial charge < -0.3 is 5.32 Å². The summed E-state index contributed by atoms with van der Waals surface area (Å²) in [5, 5.41) is 9.15. The number of aromatic nitrogens is 2. The van der Waals surface area contributed by atoms with Crippen LogP contribution in [0.3, 0.4) is 0 Å². The summed E-state index contributed by atoms with van der Waals surface area (Å²) < 4.78 is 29.0. The van der Waals surface area contributed by atoms with Crippen molar-refractivity contribution in [2.45, 2.75) is 19.1 Å². The molecular formula is C15H17ClN4O2S. The fourth-order valence-corrected chi connectivity index (χ4v) is 3.69. The highest BCUT2D eigenvalue weighted by molar-refractivity contribution is 7.92. The maximum absolute atomic E-state index is 12.2. The van der Waals surface area contributed by atoms with Crippen LogP contribution in [-0.2, 0) is 23.1 Å². The van der Waals surface area contributed by atoms with Gasteiger partial charge in [-0.05, 0) is 29.8 Å². The topological polar surface area (TPSA) is 76.0 Å². The van der Waals surface area contributed by atoms with Gasteiger partial charge in [0, 0.05) is 29.7 Å². The highest BCUT2D eigenvalue weighted by Crippen LogP contribution is 2.12. The van der Waals surface area contributed by atoms with Crippen molar-refractivity contribution >= 4 is 27.7 Å². The Morgan fingerprint density at radius 3 is 3.09 bits per heavy atom. The van der Waals surface area contributed by atoms with Crippen LogP contribution in [0.1, 0.15) is 11.3 Å². The van der Waals surface area contributed by atoms with E-state index in [0.29, 0.717) is 24.7 Å². The molecule has 0 saturated heterocycles. The van der Waals surface area contributed by atoms with Gasteiger partial charge in [-0.3, -0.25) is 4.68 Å². The molecule has 0 spiro atoms. The molecule has 6 nitrogen and oxygen atoms in total. The number of benzene rings is 1. The van der Waals surface area contributed by atoms with Crippen molar-refractivity contribution in [2.24, 2.45) is 0 Å². The maximum atomic E-state index is 12.2. The van der Waals surface area contributed by atoms with Crippen LogP contribution in [0.25, 0.3) is 6.08 Å². The fraction of sp³-hybridized carbons (Fsp3) is 0.267. The molecule has 0 amide bonds. The minimum atomic E-state index is -3.55. The van der Waals surface area contributed by atoms with Crippen molar-refractivity contribution in [3.63, 3.8) is 0 Å². The second-order valence-corrected chi connectivity index (χ2v) is 7.39. The average molecular weight is 353 g/mol. The lowest BCUT2D eigenvalue weighted by Gasteiger charge is -2.15. The summed E-state index contributed by atoms with van der Waals surface area (Å²) >= 11 is 5.89. The van der Waals surface area contributed by atoms with Gasteiger partial charge >= 0.3 is 0 Å². The first-order chi connectivity index (χ1) is 11.0. The van der Waals surface area contributed by atoms with Crippen LogP contribution < -0.4 is 10.0 Å². The molecule has 8 heteroatoms. The zero-order chi connectivity index (χ0) is 16.3. The Bertz CT molecular complexity index is 816. The van der Waals surface area contributed by atoms with Crippen molar-refractivity contribution in [1.29, 1.82) is 0 Å². The monoisotopic (exact) mass is 352 g/mol. The first kappa shape index (κ1) is 16.2. The lowest BCUT2D eigenvalue weighted by molar-refractivity contribution is 0.475. The number of halogens is 1. The standard InChI is InChI=1S/C15H17ClN4O2S/c16-13-3-1-2-12(8-13)5-7-23(21,22)19-14-9-17-10-15-4-6-18-20(15)11-14/h1-8,14,17,19H,9-11H2/b7-5+. The van der Waals surface area contributed by atoms with E-state index in [2.05, 4.69) is 15.1 Å². The van der Waals surface area contributed by atoms with E-state index in [0.717, 1.165) is 16.7 Å². The van der Waals surface area contributed by atoms with Crippen LogP contribution in [0.2, 0.25) is 5.02 Å². The van der Waals surface area contributed by atoms with Crippen LogP contribution in [0.5, 0.6) is 0 Å². The molecule has 0 bridgehead atoms. The third-order valence-corrected chi connectivity index (χ3v) is 4.91. The molecule has 1 aromatic carbocycles. The minimum Gasteiger partial charge on any atom is -0.310 e. The molecular weight excluding hydrogens is 336 g/mol. The number of nitrogens with one attached hydrogen (secondary N) is 2. The molecule has 2 aromatic rings. The number of fused-ring (bicyclic) bond motifs is 1. The largest absolute Gasteiger partial charge is 0.310 e. The maximum Gasteiger partial charge on any atom is 0.234 e. The van der Waals surface area contributed by atoms with E-state index in [1.54, 1.807) is 30.5 Å². The third kappa shape index (κ3) is 4.42. The van der Waals surface area contributed by atoms with E-state index < -0.39 is 10.0 Å². The molecule has 23 heavy (non-hydrogen) atoms. The van der Waals surface area contributed by atoms with E-state index in [-0.39, 0.29) is 6.04 Å². The molecule has 0 fully saturated rings. The van der Waals surface area contributed by atoms with E-state index >= 15 is 0 Å². The van der Waals surface area contributed by atoms with Crippen molar-refractivity contribution in [2.75, 3.05) is 6.54 Å². The van der Waals surface area contributed by atoms with Crippen LogP contribution in [-0.4, -0.2) is 30.8 Å². The summed E-state index contributed by atoms with van der Waals surface area (Å²) in [4.78, 5) is 0. The average Bonchev–Trinajstić information content (AvgIpc) is 2.84. The van der Waals surface area contributed by atoms with Gasteiger partial charge in [0.2, 0.25) is 10.0 Å². The third-order valence-electron chi connectivity index (χ3n) is 3.51. The van der Waals surface area contributed by atoms with Gasteiger partial charge in [0.25, 0.3) is 0 Å². The fourth-order valence-electron chi connectivity index (χ4n) is 2.45. The van der Waals surface area contributed by atoms with Crippen LogP contribution >= 0.6 is 11.6 Å². The quantitative estimate of drug-likeness (QED) is 0.876. The molecule has 2 N–H and O–H groups in total. The number of hydrogen-bond acceptors (Lipinski definition) is 4. The zero-order valence-corrected chi connectivity index (χ0v) is 13.9. The van der Waals surface area contributed by atoms with Gasteiger partial charge in [0.15, 0.2) is 0 Å². The SMILES string of the molecule is O=S(=O)(/C=C/c1cccc(Cl)c1)NC1CNCc2ccnn2C1. The van der Waals surface area contributed by atoms with Gasteiger partial charge in [-0.2, -0.15) is 5.10 Å². The molecule has 1 aliphatic rings. The highest BCUT2D eigenvalue weighted by Gasteiger charge is 2.20. The summed E-state index contributed by atoms with van der Waals surface area (Å²) in [5.41, 5.74) is 1.78. The van der Waals surface area contributed by atoms with E-state index in [9.17, 15) is 8.42 Å². The van der Waals surface area contributed by atoms with Crippen molar-refractivity contribution in [1.82, 2.24) is 19.8 Å². The lowest BCUT2D eigenvalue weighted by atomic mass is 10.2. The molecule has 2 heterocycles. The second-order valence-electron chi connectivity index (χ2n) is 5.35. The van der Waals surface area contributed by atoms with Crippen LogP contribution in [0.4, 0.5) is 0 Å². The van der Waals surface area contributed by atoms with E-state index in [1.807, 2.05) is 10.7 Å². The Hall–Kier alpha value is -1.67. The van der Waals surface area contributed by atoms with Gasteiger partial charge in [-0.1, -0.05) is 23.7 Å². The van der Waals surface area contributed by atoms with E-state index in [1.165, 1.54) is 6.08 Å². The number of rotatable bonds is 4. The van der Waals surface area contributed by atoms with Gasteiger partial charge in [0.05, 0.1) is 18.3 Å². The molecule has 0 radical (unpaired) electrons. The summed E-state index contributed by atoms with van der Waals surface area (Å²) in [5.74, 6) is 0. The normalized spacial score (nSPS) is 18.7. The van der Waals surface area contributed by atoms with Crippen LogP contribution in [0.15, 0.2) is 41.9 Å². The Morgan fingerprint density at radius 2 is 2.26 bits per heavy atom. The molecule has 1 aromatic heterocycles. The van der Waals surface area contributed by atoms with E-state index in [4.69, 9.17) is 11.6 Å². The summed E-state index contributed by atoms with van der Waals surface area (Å²) in [6.07, 6.45) is 3.24. The summed E-state index contributed by atoms with van der Waals surface area (Å²) in [7, 11) is -3.55. The van der Waals surface area contributed by atoms with Gasteiger partial charge in [-0.15, -0.1) is 0 Å². The highest BCUT2D eigenvalue weighted by atomic mass is 35.5. The summed E-state index contributed by atoms with van der Waals surface area (Å²) in [6.45, 7) is 1.73. The lowest BCUT2D eigenvalue weighted by Crippen LogP contribution is -2.42. The minimum absolute atomic E-state index is 0.259. The Balaban J connectivity index is 1.69. The van der Waals surface area contributed by atoms with Crippen LogP contribution in [0, 0.1) is 0 Å². The molecule has 1 aliphatic heterocycles. The molecule has 1 atom stereocenters. The Kier molecular flexibility index (Phi) is 4.82. The first-order valence-corrected chi connectivity index (χ1v) is 9.12. The van der Waals surface area contributed by atoms with Gasteiger partial charge in [-0.25, -0.2) is 13.1 Å². The smallest absolute Gasteiger partial charge is 0.234 e. The number of nitrogens with zero attached hydrogens (tertiary/aromatic N) is 2. The Morgan fingerprint density at radius 1 is 1.39 bits per heavy atom. The zero-order valence-electron chi connectivity index (χ0n) is 12.3. The van der Waals surface area contributed by atoms with Crippen molar-refractivity contribution < 1.29 is 8.42 Å². The Labute approximate surface area is 140 Å². The van der Waals surface area contributed by atoms with Crippen molar-refractivity contribution in [3.8, 4) is 0 Å². The molecule has 0 saturated carbocycles. The number of sulfonamides is 1. The molecule has 3 rings (SSSR count). The van der Waals surface area contributed by atoms with Gasteiger partial charge in [0.1, 0.15) is 0 Å². The summed E-state index contributed by atoms with van der Waals surface area (Å²) in [6, 6.07) is 8.67. The predicted molar refractivity (Wildman–Crippen MR) is 90.3 cm³/mol. The predicted octanol–water partition coefficient (Wildman–Crippen LogP) is 1.60. The molecule has 1 unspecified atom stereocenters. The first-order valence-electron chi connectivity index (χ1n) is 7.19. The second kappa shape index (κ2) is 6.84. The van der Waals surface area contributed by atoms with Crippen molar-refractivity contribution in [3.05, 3.63) is 58.2 Å². The number of hydrogen-bond donors (Lipinski definition) is 2.